The molecule has 6 heteroatoms. The highest BCUT2D eigenvalue weighted by atomic mass is 79.9. The SMILES string of the molecule is N[C@H](CC(F)(F)F)c1cc(Br)cs1. The Morgan fingerprint density at radius 1 is 1.54 bits per heavy atom. The molecule has 2 N–H and O–H groups in total. The van der Waals surface area contributed by atoms with Crippen molar-refractivity contribution < 1.29 is 13.2 Å². The van der Waals surface area contributed by atoms with Crippen LogP contribution in [0.5, 0.6) is 0 Å². The van der Waals surface area contributed by atoms with E-state index in [0.29, 0.717) is 4.88 Å². The van der Waals surface area contributed by atoms with Crippen LogP contribution >= 0.6 is 27.3 Å². The van der Waals surface area contributed by atoms with Gasteiger partial charge in [0, 0.05) is 20.8 Å². The first kappa shape index (κ1) is 11.0. The Morgan fingerprint density at radius 3 is 2.54 bits per heavy atom. The normalized spacial score (nSPS) is 14.5. The summed E-state index contributed by atoms with van der Waals surface area (Å²) in [5.74, 6) is 0. The molecule has 1 atom stereocenters. The van der Waals surface area contributed by atoms with Gasteiger partial charge in [-0.3, -0.25) is 0 Å². The fraction of sp³-hybridized carbons (Fsp3) is 0.429. The minimum atomic E-state index is -4.20. The van der Waals surface area contributed by atoms with E-state index in [1.165, 1.54) is 11.3 Å². The second-order valence-corrected chi connectivity index (χ2v) is 4.45. The fourth-order valence-corrected chi connectivity index (χ4v) is 2.32. The third kappa shape index (κ3) is 3.66. The van der Waals surface area contributed by atoms with Crippen molar-refractivity contribution in [2.24, 2.45) is 5.73 Å². The summed E-state index contributed by atoms with van der Waals surface area (Å²) in [6.07, 6.45) is -5.17. The molecule has 1 rings (SSSR count). The van der Waals surface area contributed by atoms with E-state index in [9.17, 15) is 13.2 Å². The highest BCUT2D eigenvalue weighted by molar-refractivity contribution is 9.10. The van der Waals surface area contributed by atoms with Crippen LogP contribution < -0.4 is 5.73 Å². The maximum atomic E-state index is 11.9. The molecule has 0 aliphatic carbocycles. The van der Waals surface area contributed by atoms with Crippen molar-refractivity contribution in [3.8, 4) is 0 Å². The van der Waals surface area contributed by atoms with Crippen molar-refractivity contribution >= 4 is 27.3 Å². The molecule has 0 spiro atoms. The van der Waals surface area contributed by atoms with E-state index in [1.54, 1.807) is 11.4 Å². The first-order valence-electron chi connectivity index (χ1n) is 3.45. The van der Waals surface area contributed by atoms with E-state index >= 15 is 0 Å². The Balaban J connectivity index is 2.64. The van der Waals surface area contributed by atoms with Crippen LogP contribution in [-0.4, -0.2) is 6.18 Å². The lowest BCUT2D eigenvalue weighted by molar-refractivity contribution is -0.138. The zero-order valence-electron chi connectivity index (χ0n) is 6.44. The maximum Gasteiger partial charge on any atom is 0.390 e. The van der Waals surface area contributed by atoms with Gasteiger partial charge < -0.3 is 5.73 Å². The van der Waals surface area contributed by atoms with Crippen molar-refractivity contribution in [2.45, 2.75) is 18.6 Å². The summed E-state index contributed by atoms with van der Waals surface area (Å²) in [6.45, 7) is 0. The van der Waals surface area contributed by atoms with Gasteiger partial charge in [-0.15, -0.1) is 11.3 Å². The van der Waals surface area contributed by atoms with Crippen LogP contribution in [0.3, 0.4) is 0 Å². The van der Waals surface area contributed by atoms with E-state index in [1.807, 2.05) is 0 Å². The molecule has 1 heterocycles. The highest BCUT2D eigenvalue weighted by Crippen LogP contribution is 2.32. The second-order valence-electron chi connectivity index (χ2n) is 2.59. The van der Waals surface area contributed by atoms with Gasteiger partial charge in [0.05, 0.1) is 6.42 Å². The summed E-state index contributed by atoms with van der Waals surface area (Å²) in [6, 6.07) is 0.664. The number of hydrogen-bond acceptors (Lipinski definition) is 2. The standard InChI is InChI=1S/C7H7BrF3NS/c8-4-1-6(13-3-4)5(12)2-7(9,10)11/h1,3,5H,2,12H2/t5-/m1/s1. The van der Waals surface area contributed by atoms with Crippen LogP contribution in [0.25, 0.3) is 0 Å². The summed E-state index contributed by atoms with van der Waals surface area (Å²) in [4.78, 5) is 0.546. The number of rotatable bonds is 2. The van der Waals surface area contributed by atoms with E-state index in [0.717, 1.165) is 4.47 Å². The molecule has 0 aliphatic heterocycles. The molecule has 1 aromatic heterocycles. The summed E-state index contributed by atoms with van der Waals surface area (Å²) in [7, 11) is 0. The van der Waals surface area contributed by atoms with Gasteiger partial charge in [-0.25, -0.2) is 0 Å². The van der Waals surface area contributed by atoms with Gasteiger partial charge in [-0.2, -0.15) is 13.2 Å². The molecule has 0 saturated heterocycles. The Labute approximate surface area is 85.9 Å². The van der Waals surface area contributed by atoms with Crippen molar-refractivity contribution in [1.82, 2.24) is 0 Å². The monoisotopic (exact) mass is 273 g/mol. The second kappa shape index (κ2) is 3.98. The van der Waals surface area contributed by atoms with Crippen LogP contribution in [0.15, 0.2) is 15.9 Å². The Kier molecular flexibility index (Phi) is 3.37. The zero-order valence-corrected chi connectivity index (χ0v) is 8.84. The molecule has 1 nitrogen and oxygen atoms in total. The molecule has 0 bridgehead atoms. The predicted molar refractivity (Wildman–Crippen MR) is 49.6 cm³/mol. The summed E-state index contributed by atoms with van der Waals surface area (Å²) in [5.41, 5.74) is 5.36. The maximum absolute atomic E-state index is 11.9. The Hall–Kier alpha value is -0.0700. The van der Waals surface area contributed by atoms with Crippen LogP contribution in [0.1, 0.15) is 17.3 Å². The van der Waals surface area contributed by atoms with Crippen LogP contribution in [0.4, 0.5) is 13.2 Å². The van der Waals surface area contributed by atoms with Gasteiger partial charge in [0.25, 0.3) is 0 Å². The lowest BCUT2D eigenvalue weighted by Crippen LogP contribution is -2.19. The summed E-state index contributed by atoms with van der Waals surface area (Å²) < 4.78 is 36.5. The molecule has 1 aromatic rings. The molecule has 0 unspecified atom stereocenters. The fourth-order valence-electron chi connectivity index (χ4n) is 0.873. The molecule has 0 fully saturated rings. The molecular weight excluding hydrogens is 267 g/mol. The lowest BCUT2D eigenvalue weighted by Gasteiger charge is -2.11. The largest absolute Gasteiger partial charge is 0.390 e. The van der Waals surface area contributed by atoms with Gasteiger partial charge in [0.2, 0.25) is 0 Å². The van der Waals surface area contributed by atoms with Gasteiger partial charge in [-0.1, -0.05) is 0 Å². The first-order chi connectivity index (χ1) is 5.88. The first-order valence-corrected chi connectivity index (χ1v) is 5.12. The molecular formula is C7H7BrF3NS. The van der Waals surface area contributed by atoms with Crippen LogP contribution in [0.2, 0.25) is 0 Å². The smallest absolute Gasteiger partial charge is 0.323 e. The van der Waals surface area contributed by atoms with Crippen molar-refractivity contribution in [2.75, 3.05) is 0 Å². The summed E-state index contributed by atoms with van der Waals surface area (Å²) in [5, 5.41) is 1.71. The van der Waals surface area contributed by atoms with Crippen LogP contribution in [-0.2, 0) is 0 Å². The molecule has 0 amide bonds. The number of thiophene rings is 1. The molecule has 0 aromatic carbocycles. The summed E-state index contributed by atoms with van der Waals surface area (Å²) >= 11 is 4.38. The number of nitrogens with two attached hydrogens (primary N) is 1. The average molecular weight is 274 g/mol. The number of alkyl halides is 3. The minimum absolute atomic E-state index is 0.546. The van der Waals surface area contributed by atoms with E-state index in [4.69, 9.17) is 5.73 Å². The van der Waals surface area contributed by atoms with Crippen molar-refractivity contribution in [3.63, 3.8) is 0 Å². The van der Waals surface area contributed by atoms with Gasteiger partial charge >= 0.3 is 6.18 Å². The molecule has 0 aliphatic rings. The third-order valence-electron chi connectivity index (χ3n) is 1.40. The lowest BCUT2D eigenvalue weighted by atomic mass is 10.2. The van der Waals surface area contributed by atoms with E-state index in [2.05, 4.69) is 15.9 Å². The van der Waals surface area contributed by atoms with Crippen molar-refractivity contribution in [1.29, 1.82) is 0 Å². The van der Waals surface area contributed by atoms with Gasteiger partial charge in [0.15, 0.2) is 0 Å². The molecule has 13 heavy (non-hydrogen) atoms. The van der Waals surface area contributed by atoms with Gasteiger partial charge in [-0.05, 0) is 22.0 Å². The van der Waals surface area contributed by atoms with E-state index < -0.39 is 18.6 Å². The van der Waals surface area contributed by atoms with Crippen LogP contribution in [0, 0.1) is 0 Å². The average Bonchev–Trinajstić information content (AvgIpc) is 2.31. The topological polar surface area (TPSA) is 26.0 Å². The highest BCUT2D eigenvalue weighted by Gasteiger charge is 2.31. The molecule has 74 valence electrons. The van der Waals surface area contributed by atoms with E-state index in [-0.39, 0.29) is 0 Å². The third-order valence-corrected chi connectivity index (χ3v) is 3.23. The predicted octanol–water partition coefficient (Wildman–Crippen LogP) is 3.46. The minimum Gasteiger partial charge on any atom is -0.323 e. The zero-order chi connectivity index (χ0) is 10.1. The number of hydrogen-bond donors (Lipinski definition) is 1. The molecule has 0 saturated carbocycles. The molecule has 0 radical (unpaired) electrons. The Bertz CT molecular complexity index is 284. The Morgan fingerprint density at radius 2 is 2.15 bits per heavy atom. The van der Waals surface area contributed by atoms with Crippen molar-refractivity contribution in [3.05, 3.63) is 20.8 Å². The quantitative estimate of drug-likeness (QED) is 0.878. The number of halogens is 4. The van der Waals surface area contributed by atoms with Gasteiger partial charge in [0.1, 0.15) is 0 Å².